The van der Waals surface area contributed by atoms with Crippen LogP contribution in [0.1, 0.15) is 17.5 Å². The summed E-state index contributed by atoms with van der Waals surface area (Å²) in [5.74, 6) is -0.0966. The zero-order valence-electron chi connectivity index (χ0n) is 10.5. The zero-order chi connectivity index (χ0) is 14.5. The van der Waals surface area contributed by atoms with Crippen molar-refractivity contribution in [1.29, 1.82) is 0 Å². The second-order valence-corrected chi connectivity index (χ2v) is 5.02. The maximum atomic E-state index is 12.4. The van der Waals surface area contributed by atoms with E-state index in [1.54, 1.807) is 11.9 Å². The van der Waals surface area contributed by atoms with E-state index >= 15 is 0 Å². The summed E-state index contributed by atoms with van der Waals surface area (Å²) in [5.41, 5.74) is -0.111. The summed E-state index contributed by atoms with van der Waals surface area (Å²) in [6.07, 6.45) is -3.37. The van der Waals surface area contributed by atoms with Crippen molar-refractivity contribution in [2.45, 2.75) is 19.0 Å². The van der Waals surface area contributed by atoms with Crippen LogP contribution in [-0.2, 0) is 17.4 Å². The molecule has 19 heavy (non-hydrogen) atoms. The lowest BCUT2D eigenvalue weighted by atomic mass is 10.1. The molecule has 2 nitrogen and oxygen atoms in total. The molecule has 0 aliphatic heterocycles. The van der Waals surface area contributed by atoms with Gasteiger partial charge in [0.2, 0.25) is 5.91 Å². The molecule has 1 rings (SSSR count). The van der Waals surface area contributed by atoms with Gasteiger partial charge in [-0.3, -0.25) is 4.79 Å². The van der Waals surface area contributed by atoms with Crippen LogP contribution in [0.4, 0.5) is 13.2 Å². The number of benzene rings is 1. The molecule has 0 saturated heterocycles. The van der Waals surface area contributed by atoms with Crippen molar-refractivity contribution < 1.29 is 18.0 Å². The Balaban J connectivity index is 2.60. The van der Waals surface area contributed by atoms with Gasteiger partial charge in [0, 0.05) is 18.9 Å². The Kier molecular flexibility index (Phi) is 5.85. The Morgan fingerprint density at radius 3 is 2.32 bits per heavy atom. The molecular weight excluding hydrogens is 323 g/mol. The molecule has 6 heteroatoms. The van der Waals surface area contributed by atoms with E-state index in [-0.39, 0.29) is 12.3 Å². The molecule has 0 aliphatic rings. The standard InChI is InChI=1S/C13H15BrF3NO/c1-18(8-2-7-14)12(19)9-10-3-5-11(6-4-10)13(15,16)17/h3-6H,2,7-9H2,1H3. The molecule has 0 fully saturated rings. The van der Waals surface area contributed by atoms with E-state index in [1.165, 1.54) is 12.1 Å². The first-order valence-corrected chi connectivity index (χ1v) is 6.93. The number of carbonyl (C=O) groups excluding carboxylic acids is 1. The first-order chi connectivity index (χ1) is 8.84. The summed E-state index contributed by atoms with van der Waals surface area (Å²) in [6.45, 7) is 0.630. The van der Waals surface area contributed by atoms with Gasteiger partial charge in [-0.25, -0.2) is 0 Å². The number of likely N-dealkylation sites (N-methyl/N-ethyl adjacent to an activating group) is 1. The minimum atomic E-state index is -4.34. The van der Waals surface area contributed by atoms with E-state index < -0.39 is 11.7 Å². The molecule has 0 aliphatic carbocycles. The predicted molar refractivity (Wildman–Crippen MR) is 71.2 cm³/mol. The third kappa shape index (κ3) is 5.22. The molecule has 1 aromatic rings. The average Bonchev–Trinajstić information content (AvgIpc) is 2.35. The van der Waals surface area contributed by atoms with Crippen LogP contribution in [-0.4, -0.2) is 29.7 Å². The highest BCUT2D eigenvalue weighted by Gasteiger charge is 2.29. The molecule has 1 aromatic carbocycles. The molecule has 106 valence electrons. The number of amides is 1. The maximum Gasteiger partial charge on any atom is 0.416 e. The third-order valence-corrected chi connectivity index (χ3v) is 3.25. The van der Waals surface area contributed by atoms with Crippen molar-refractivity contribution in [3.05, 3.63) is 35.4 Å². The SMILES string of the molecule is CN(CCCBr)C(=O)Cc1ccc(C(F)(F)F)cc1. The van der Waals surface area contributed by atoms with Gasteiger partial charge >= 0.3 is 6.18 Å². The van der Waals surface area contributed by atoms with Crippen molar-refractivity contribution in [2.75, 3.05) is 18.9 Å². The molecule has 0 spiro atoms. The van der Waals surface area contributed by atoms with E-state index in [0.29, 0.717) is 12.1 Å². The monoisotopic (exact) mass is 337 g/mol. The highest BCUT2D eigenvalue weighted by molar-refractivity contribution is 9.09. The molecule has 0 atom stereocenters. The van der Waals surface area contributed by atoms with Crippen LogP contribution in [0, 0.1) is 0 Å². The maximum absolute atomic E-state index is 12.4. The van der Waals surface area contributed by atoms with Gasteiger partial charge in [-0.2, -0.15) is 13.2 Å². The normalized spacial score (nSPS) is 11.4. The minimum absolute atomic E-state index is 0.0966. The minimum Gasteiger partial charge on any atom is -0.345 e. The molecule has 0 N–H and O–H groups in total. The number of nitrogens with zero attached hydrogens (tertiary/aromatic N) is 1. The smallest absolute Gasteiger partial charge is 0.345 e. The van der Waals surface area contributed by atoms with Gasteiger partial charge in [-0.1, -0.05) is 28.1 Å². The van der Waals surface area contributed by atoms with Crippen LogP contribution < -0.4 is 0 Å². The second kappa shape index (κ2) is 6.93. The Morgan fingerprint density at radius 1 is 1.26 bits per heavy atom. The van der Waals surface area contributed by atoms with Crippen LogP contribution in [0.5, 0.6) is 0 Å². The lowest BCUT2D eigenvalue weighted by Crippen LogP contribution is -2.29. The van der Waals surface area contributed by atoms with Gasteiger partial charge in [0.25, 0.3) is 0 Å². The first kappa shape index (κ1) is 16.0. The predicted octanol–water partition coefficient (Wildman–Crippen LogP) is 3.49. The van der Waals surface area contributed by atoms with Crippen LogP contribution in [0.15, 0.2) is 24.3 Å². The van der Waals surface area contributed by atoms with Gasteiger partial charge in [0.05, 0.1) is 12.0 Å². The Hall–Kier alpha value is -1.04. The molecule has 0 heterocycles. The summed E-state index contributed by atoms with van der Waals surface area (Å²) in [6, 6.07) is 4.69. The van der Waals surface area contributed by atoms with E-state index in [2.05, 4.69) is 15.9 Å². The van der Waals surface area contributed by atoms with Crippen molar-refractivity contribution >= 4 is 21.8 Å². The Labute approximate surface area is 118 Å². The Bertz CT molecular complexity index is 417. The molecular formula is C13H15BrF3NO. The van der Waals surface area contributed by atoms with Crippen LogP contribution in [0.3, 0.4) is 0 Å². The fraction of sp³-hybridized carbons (Fsp3) is 0.462. The number of hydrogen-bond acceptors (Lipinski definition) is 1. The van der Waals surface area contributed by atoms with E-state index in [4.69, 9.17) is 0 Å². The topological polar surface area (TPSA) is 20.3 Å². The largest absolute Gasteiger partial charge is 0.416 e. The number of carbonyl (C=O) groups is 1. The van der Waals surface area contributed by atoms with Crippen LogP contribution in [0.25, 0.3) is 0 Å². The summed E-state index contributed by atoms with van der Waals surface area (Å²) in [7, 11) is 1.69. The molecule has 0 saturated carbocycles. The van der Waals surface area contributed by atoms with Crippen LogP contribution in [0.2, 0.25) is 0 Å². The number of halogens is 4. The fourth-order valence-electron chi connectivity index (χ4n) is 1.54. The lowest BCUT2D eigenvalue weighted by Gasteiger charge is -2.16. The van der Waals surface area contributed by atoms with Crippen molar-refractivity contribution in [1.82, 2.24) is 4.90 Å². The summed E-state index contributed by atoms with van der Waals surface area (Å²) in [5, 5.41) is 0.810. The van der Waals surface area contributed by atoms with Gasteiger partial charge in [0.1, 0.15) is 0 Å². The average molecular weight is 338 g/mol. The highest BCUT2D eigenvalue weighted by Crippen LogP contribution is 2.29. The summed E-state index contributed by atoms with van der Waals surface area (Å²) >= 11 is 3.28. The first-order valence-electron chi connectivity index (χ1n) is 5.80. The fourth-order valence-corrected chi connectivity index (χ4v) is 1.79. The zero-order valence-corrected chi connectivity index (χ0v) is 12.1. The molecule has 1 amide bonds. The number of alkyl halides is 4. The molecule has 0 radical (unpaired) electrons. The van der Waals surface area contributed by atoms with E-state index in [0.717, 1.165) is 23.9 Å². The van der Waals surface area contributed by atoms with Crippen molar-refractivity contribution in [3.63, 3.8) is 0 Å². The van der Waals surface area contributed by atoms with E-state index in [9.17, 15) is 18.0 Å². The third-order valence-electron chi connectivity index (χ3n) is 2.69. The molecule has 0 aromatic heterocycles. The molecule has 0 bridgehead atoms. The summed E-state index contributed by atoms with van der Waals surface area (Å²) in [4.78, 5) is 13.4. The van der Waals surface area contributed by atoms with Crippen molar-refractivity contribution in [3.8, 4) is 0 Å². The lowest BCUT2D eigenvalue weighted by molar-refractivity contribution is -0.137. The second-order valence-electron chi connectivity index (χ2n) is 4.23. The number of rotatable bonds is 5. The Morgan fingerprint density at radius 2 is 1.84 bits per heavy atom. The van der Waals surface area contributed by atoms with Crippen LogP contribution >= 0.6 is 15.9 Å². The quantitative estimate of drug-likeness (QED) is 0.753. The summed E-state index contributed by atoms with van der Waals surface area (Å²) < 4.78 is 37.1. The number of hydrogen-bond donors (Lipinski definition) is 0. The van der Waals surface area contributed by atoms with Gasteiger partial charge < -0.3 is 4.90 Å². The van der Waals surface area contributed by atoms with Gasteiger partial charge in [0.15, 0.2) is 0 Å². The van der Waals surface area contributed by atoms with E-state index in [1.807, 2.05) is 0 Å². The molecule has 0 unspecified atom stereocenters. The highest BCUT2D eigenvalue weighted by atomic mass is 79.9. The van der Waals surface area contributed by atoms with Gasteiger partial charge in [-0.05, 0) is 24.1 Å². The van der Waals surface area contributed by atoms with Gasteiger partial charge in [-0.15, -0.1) is 0 Å². The van der Waals surface area contributed by atoms with Crippen molar-refractivity contribution in [2.24, 2.45) is 0 Å².